The van der Waals surface area contributed by atoms with Crippen LogP contribution in [0.4, 0.5) is 5.69 Å². The number of furan rings is 1. The minimum Gasteiger partial charge on any atom is -0.459 e. The molecule has 0 radical (unpaired) electrons. The Balaban J connectivity index is 1.35. The number of benzene rings is 2. The van der Waals surface area contributed by atoms with E-state index >= 15 is 0 Å². The van der Waals surface area contributed by atoms with E-state index in [0.717, 1.165) is 22.0 Å². The van der Waals surface area contributed by atoms with Crippen LogP contribution in [0.3, 0.4) is 0 Å². The lowest BCUT2D eigenvalue weighted by Crippen LogP contribution is -2.24. The molecule has 2 aromatic carbocycles. The molecule has 0 fully saturated rings. The Morgan fingerprint density at radius 3 is 2.75 bits per heavy atom. The Hall–Kier alpha value is -3.80. The molecule has 3 N–H and O–H groups in total. The lowest BCUT2D eigenvalue weighted by molar-refractivity contribution is -0.120. The zero-order valence-corrected chi connectivity index (χ0v) is 15.1. The van der Waals surface area contributed by atoms with Crippen molar-refractivity contribution in [1.82, 2.24) is 10.3 Å². The monoisotopic (exact) mass is 373 g/mol. The number of fused-ring (bicyclic) bond motifs is 1. The summed E-state index contributed by atoms with van der Waals surface area (Å²) in [7, 11) is 0. The van der Waals surface area contributed by atoms with E-state index in [0.29, 0.717) is 18.7 Å². The number of hydrogen-bond acceptors (Lipinski definition) is 3. The summed E-state index contributed by atoms with van der Waals surface area (Å²) in [4.78, 5) is 27.6. The van der Waals surface area contributed by atoms with Gasteiger partial charge < -0.3 is 20.0 Å². The summed E-state index contributed by atoms with van der Waals surface area (Å²) in [5.74, 6) is -0.127. The van der Waals surface area contributed by atoms with E-state index < -0.39 is 0 Å². The molecule has 4 rings (SSSR count). The minimum atomic E-state index is -0.314. The predicted octanol–water partition coefficient (Wildman–Crippen LogP) is 3.87. The van der Waals surface area contributed by atoms with Gasteiger partial charge in [-0.1, -0.05) is 30.3 Å². The van der Waals surface area contributed by atoms with Gasteiger partial charge in [0.15, 0.2) is 5.76 Å². The van der Waals surface area contributed by atoms with Gasteiger partial charge in [-0.15, -0.1) is 0 Å². The van der Waals surface area contributed by atoms with Gasteiger partial charge in [-0.3, -0.25) is 9.59 Å². The van der Waals surface area contributed by atoms with Gasteiger partial charge in [0.05, 0.1) is 12.7 Å². The smallest absolute Gasteiger partial charge is 0.291 e. The molecular formula is C22H19N3O3. The first-order valence-electron chi connectivity index (χ1n) is 8.94. The third kappa shape index (κ3) is 3.96. The van der Waals surface area contributed by atoms with Crippen molar-refractivity contribution in [2.45, 2.75) is 13.0 Å². The fourth-order valence-electron chi connectivity index (χ4n) is 3.07. The highest BCUT2D eigenvalue weighted by atomic mass is 16.3. The number of hydrogen-bond donors (Lipinski definition) is 3. The summed E-state index contributed by atoms with van der Waals surface area (Å²) in [5, 5.41) is 6.76. The molecule has 6 heteroatoms. The second-order valence-electron chi connectivity index (χ2n) is 6.44. The van der Waals surface area contributed by atoms with Crippen molar-refractivity contribution in [3.8, 4) is 0 Å². The van der Waals surface area contributed by atoms with E-state index in [1.165, 1.54) is 6.26 Å². The van der Waals surface area contributed by atoms with Gasteiger partial charge in [0.2, 0.25) is 5.91 Å². The van der Waals surface area contributed by atoms with E-state index in [2.05, 4.69) is 15.6 Å². The molecule has 0 aliphatic rings. The predicted molar refractivity (Wildman–Crippen MR) is 107 cm³/mol. The van der Waals surface area contributed by atoms with E-state index in [1.54, 1.807) is 18.2 Å². The second-order valence-corrected chi connectivity index (χ2v) is 6.44. The Kier molecular flexibility index (Phi) is 4.93. The topological polar surface area (TPSA) is 87.1 Å². The molecule has 2 amide bonds. The average molecular weight is 373 g/mol. The van der Waals surface area contributed by atoms with Gasteiger partial charge in [-0.05, 0) is 41.5 Å². The van der Waals surface area contributed by atoms with Crippen LogP contribution < -0.4 is 10.6 Å². The third-order valence-corrected chi connectivity index (χ3v) is 4.45. The number of nitrogens with one attached hydrogen (secondary N) is 3. The summed E-state index contributed by atoms with van der Waals surface area (Å²) >= 11 is 0. The van der Waals surface area contributed by atoms with Crippen LogP contribution in [0.15, 0.2) is 77.5 Å². The first-order chi connectivity index (χ1) is 13.7. The average Bonchev–Trinajstić information content (AvgIpc) is 3.38. The van der Waals surface area contributed by atoms with Crippen molar-refractivity contribution >= 4 is 28.4 Å². The maximum atomic E-state index is 12.3. The molecule has 0 aliphatic heterocycles. The van der Waals surface area contributed by atoms with E-state index in [1.807, 2.05) is 48.7 Å². The van der Waals surface area contributed by atoms with Gasteiger partial charge in [0.25, 0.3) is 5.91 Å². The molecule has 0 spiro atoms. The number of carbonyl (C=O) groups excluding carboxylic acids is 2. The highest BCUT2D eigenvalue weighted by Gasteiger charge is 2.10. The molecule has 6 nitrogen and oxygen atoms in total. The summed E-state index contributed by atoms with van der Waals surface area (Å²) in [5.41, 5.74) is 3.52. The summed E-state index contributed by atoms with van der Waals surface area (Å²) in [6.07, 6.45) is 3.63. The molecule has 0 aliphatic carbocycles. The Bertz CT molecular complexity index is 1110. The fraction of sp³-hybridized carbons (Fsp3) is 0.0909. The summed E-state index contributed by atoms with van der Waals surface area (Å²) in [6, 6.07) is 18.5. The van der Waals surface area contributed by atoms with Gasteiger partial charge in [-0.25, -0.2) is 0 Å². The van der Waals surface area contributed by atoms with E-state index in [-0.39, 0.29) is 17.6 Å². The molecule has 2 aromatic heterocycles. The number of aromatic amines is 1. The first kappa shape index (κ1) is 17.6. The second kappa shape index (κ2) is 7.84. The van der Waals surface area contributed by atoms with Crippen molar-refractivity contribution < 1.29 is 14.0 Å². The van der Waals surface area contributed by atoms with Crippen LogP contribution in [0.1, 0.15) is 21.7 Å². The summed E-state index contributed by atoms with van der Waals surface area (Å²) < 4.78 is 5.09. The quantitative estimate of drug-likeness (QED) is 0.479. The largest absolute Gasteiger partial charge is 0.459 e. The molecular weight excluding hydrogens is 354 g/mol. The van der Waals surface area contributed by atoms with Crippen molar-refractivity contribution in [2.24, 2.45) is 0 Å². The standard InChI is InChI=1S/C22H19N3O3/c26-21(12-16-14-23-19-8-2-1-7-18(16)19)24-13-15-5-3-6-17(11-15)25-22(27)20-9-4-10-28-20/h1-11,14,23H,12-13H2,(H,24,26)(H,25,27). The van der Waals surface area contributed by atoms with Crippen LogP contribution in [0.5, 0.6) is 0 Å². The van der Waals surface area contributed by atoms with Crippen molar-refractivity contribution in [1.29, 1.82) is 0 Å². The molecule has 0 saturated carbocycles. The molecule has 4 aromatic rings. The Morgan fingerprint density at radius 2 is 1.89 bits per heavy atom. The highest BCUT2D eigenvalue weighted by Crippen LogP contribution is 2.18. The van der Waals surface area contributed by atoms with E-state index in [4.69, 9.17) is 4.42 Å². The van der Waals surface area contributed by atoms with Crippen LogP contribution in [-0.4, -0.2) is 16.8 Å². The first-order valence-corrected chi connectivity index (χ1v) is 8.94. The molecule has 0 saturated heterocycles. The van der Waals surface area contributed by atoms with Crippen LogP contribution in [0, 0.1) is 0 Å². The molecule has 28 heavy (non-hydrogen) atoms. The Labute approximate surface area is 161 Å². The highest BCUT2D eigenvalue weighted by molar-refractivity contribution is 6.02. The zero-order chi connectivity index (χ0) is 19.3. The van der Waals surface area contributed by atoms with Gasteiger partial charge >= 0.3 is 0 Å². The zero-order valence-electron chi connectivity index (χ0n) is 15.1. The third-order valence-electron chi connectivity index (χ3n) is 4.45. The molecule has 2 heterocycles. The number of rotatable bonds is 6. The Morgan fingerprint density at radius 1 is 1.00 bits per heavy atom. The lowest BCUT2D eigenvalue weighted by atomic mass is 10.1. The molecule has 0 bridgehead atoms. The number of anilines is 1. The maximum absolute atomic E-state index is 12.3. The van der Waals surface area contributed by atoms with Crippen molar-refractivity contribution in [3.05, 3.63) is 90.0 Å². The van der Waals surface area contributed by atoms with Gasteiger partial charge in [0.1, 0.15) is 0 Å². The maximum Gasteiger partial charge on any atom is 0.291 e. The molecule has 0 unspecified atom stereocenters. The van der Waals surface area contributed by atoms with E-state index in [9.17, 15) is 9.59 Å². The van der Waals surface area contributed by atoms with Crippen LogP contribution in [0.2, 0.25) is 0 Å². The number of para-hydroxylation sites is 1. The van der Waals surface area contributed by atoms with Crippen molar-refractivity contribution in [2.75, 3.05) is 5.32 Å². The number of amides is 2. The SMILES string of the molecule is O=C(Cc1c[nH]c2ccccc12)NCc1cccc(NC(=O)c2ccco2)c1. The number of carbonyl (C=O) groups is 2. The number of H-pyrrole nitrogens is 1. The van der Waals surface area contributed by atoms with Crippen LogP contribution in [0.25, 0.3) is 10.9 Å². The molecule has 0 atom stereocenters. The minimum absolute atomic E-state index is 0.0604. The normalized spacial score (nSPS) is 10.7. The van der Waals surface area contributed by atoms with Crippen LogP contribution >= 0.6 is 0 Å². The van der Waals surface area contributed by atoms with Crippen LogP contribution in [-0.2, 0) is 17.8 Å². The van der Waals surface area contributed by atoms with Gasteiger partial charge in [0, 0.05) is 29.3 Å². The molecule has 140 valence electrons. The summed E-state index contributed by atoms with van der Waals surface area (Å²) in [6.45, 7) is 0.381. The number of aromatic nitrogens is 1. The fourth-order valence-corrected chi connectivity index (χ4v) is 3.07. The van der Waals surface area contributed by atoms with Crippen molar-refractivity contribution in [3.63, 3.8) is 0 Å². The van der Waals surface area contributed by atoms with Gasteiger partial charge in [-0.2, -0.15) is 0 Å². The lowest BCUT2D eigenvalue weighted by Gasteiger charge is -2.08.